The molecule has 106 valence electrons. The Balaban J connectivity index is 2.22. The van der Waals surface area contributed by atoms with E-state index in [2.05, 4.69) is 41.0 Å². The van der Waals surface area contributed by atoms with Crippen molar-refractivity contribution in [3.05, 3.63) is 11.2 Å². The highest BCUT2D eigenvalue weighted by Crippen LogP contribution is 2.32. The average Bonchev–Trinajstić information content (AvgIpc) is 2.41. The molecule has 6 heteroatoms. The van der Waals surface area contributed by atoms with Crippen LogP contribution in [-0.2, 0) is 0 Å². The van der Waals surface area contributed by atoms with Crippen LogP contribution in [0, 0.1) is 0 Å². The highest BCUT2D eigenvalue weighted by molar-refractivity contribution is 8.00. The summed E-state index contributed by atoms with van der Waals surface area (Å²) in [5, 5.41) is 4.44. The molecule has 1 fully saturated rings. The third-order valence-corrected chi connectivity index (χ3v) is 5.02. The van der Waals surface area contributed by atoms with Crippen LogP contribution >= 0.6 is 23.4 Å². The molecule has 2 heterocycles. The van der Waals surface area contributed by atoms with Gasteiger partial charge in [0.2, 0.25) is 5.95 Å². The zero-order chi connectivity index (χ0) is 13.8. The zero-order valence-corrected chi connectivity index (χ0v) is 13.3. The number of nitrogens with one attached hydrogen (secondary N) is 1. The number of anilines is 2. The van der Waals surface area contributed by atoms with Crippen LogP contribution in [0.25, 0.3) is 0 Å². The molecule has 1 aliphatic rings. The third kappa shape index (κ3) is 3.45. The second kappa shape index (κ2) is 6.66. The Kier molecular flexibility index (Phi) is 5.16. The lowest BCUT2D eigenvalue weighted by molar-refractivity contribution is 0.620. The first-order valence-corrected chi connectivity index (χ1v) is 8.20. The summed E-state index contributed by atoms with van der Waals surface area (Å²) in [6.45, 7) is 8.47. The third-order valence-electron chi connectivity index (χ3n) is 3.41. The summed E-state index contributed by atoms with van der Waals surface area (Å²) in [7, 11) is 0. The van der Waals surface area contributed by atoms with Crippen molar-refractivity contribution < 1.29 is 0 Å². The first-order chi connectivity index (χ1) is 9.13. The van der Waals surface area contributed by atoms with Gasteiger partial charge in [0.15, 0.2) is 5.82 Å². The van der Waals surface area contributed by atoms with E-state index in [4.69, 9.17) is 11.6 Å². The smallest absolute Gasteiger partial charge is 0.224 e. The molecule has 0 aromatic carbocycles. The van der Waals surface area contributed by atoms with Crippen molar-refractivity contribution in [2.45, 2.75) is 38.5 Å². The van der Waals surface area contributed by atoms with Crippen LogP contribution in [0.15, 0.2) is 6.20 Å². The van der Waals surface area contributed by atoms with E-state index in [1.54, 1.807) is 6.20 Å². The van der Waals surface area contributed by atoms with Crippen LogP contribution in [-0.4, -0.2) is 40.1 Å². The molecule has 2 unspecified atom stereocenters. The highest BCUT2D eigenvalue weighted by atomic mass is 35.5. The van der Waals surface area contributed by atoms with Crippen LogP contribution < -0.4 is 10.2 Å². The Labute approximate surface area is 124 Å². The van der Waals surface area contributed by atoms with Gasteiger partial charge in [-0.05, 0) is 13.3 Å². The molecule has 19 heavy (non-hydrogen) atoms. The molecule has 0 radical (unpaired) electrons. The van der Waals surface area contributed by atoms with E-state index in [-0.39, 0.29) is 0 Å². The molecule has 1 aromatic heterocycles. The maximum Gasteiger partial charge on any atom is 0.224 e. The first-order valence-electron chi connectivity index (χ1n) is 6.78. The molecule has 1 aliphatic heterocycles. The molecule has 0 saturated carbocycles. The molecule has 0 bridgehead atoms. The molecule has 2 atom stereocenters. The van der Waals surface area contributed by atoms with Gasteiger partial charge in [0.05, 0.1) is 6.20 Å². The minimum atomic E-state index is 0.435. The number of rotatable bonds is 4. The fourth-order valence-electron chi connectivity index (χ4n) is 2.11. The number of halogens is 1. The van der Waals surface area contributed by atoms with Crippen molar-refractivity contribution in [1.82, 2.24) is 9.97 Å². The summed E-state index contributed by atoms with van der Waals surface area (Å²) in [4.78, 5) is 11.1. The Hall–Kier alpha value is -0.680. The van der Waals surface area contributed by atoms with E-state index in [0.29, 0.717) is 22.3 Å². The molecular weight excluding hydrogens is 280 g/mol. The van der Waals surface area contributed by atoms with Crippen LogP contribution in [0.3, 0.4) is 0 Å². The Bertz CT molecular complexity index is 429. The van der Waals surface area contributed by atoms with Crippen molar-refractivity contribution in [3.8, 4) is 0 Å². The van der Waals surface area contributed by atoms with E-state index in [0.717, 1.165) is 31.1 Å². The summed E-state index contributed by atoms with van der Waals surface area (Å²) in [6.07, 6.45) is 2.75. The maximum absolute atomic E-state index is 6.28. The quantitative estimate of drug-likeness (QED) is 0.924. The van der Waals surface area contributed by atoms with E-state index in [1.165, 1.54) is 0 Å². The van der Waals surface area contributed by atoms with Crippen molar-refractivity contribution in [3.63, 3.8) is 0 Å². The van der Waals surface area contributed by atoms with Gasteiger partial charge in [-0.25, -0.2) is 4.98 Å². The minimum Gasteiger partial charge on any atom is -0.354 e. The van der Waals surface area contributed by atoms with E-state index >= 15 is 0 Å². The standard InChI is InChI=1S/C13H21ClN4S/c1-4-5-15-13-16-8-11(14)12(17-13)18-6-7-19-10(3)9(18)2/h8-10H,4-7H2,1-3H3,(H,15,16,17). The van der Waals surface area contributed by atoms with Crippen LogP contribution in [0.2, 0.25) is 5.02 Å². The summed E-state index contributed by atoms with van der Waals surface area (Å²) >= 11 is 8.28. The average molecular weight is 301 g/mol. The van der Waals surface area contributed by atoms with Crippen LogP contribution in [0.4, 0.5) is 11.8 Å². The monoisotopic (exact) mass is 300 g/mol. The van der Waals surface area contributed by atoms with Gasteiger partial charge >= 0.3 is 0 Å². The van der Waals surface area contributed by atoms with E-state index in [9.17, 15) is 0 Å². The SMILES string of the molecule is CCCNc1ncc(Cl)c(N2CCSC(C)C2C)n1. The van der Waals surface area contributed by atoms with Crippen molar-refractivity contribution in [2.24, 2.45) is 0 Å². The second-order valence-corrected chi connectivity index (χ2v) is 6.69. The molecule has 1 N–H and O–H groups in total. The van der Waals surface area contributed by atoms with Gasteiger partial charge in [-0.1, -0.05) is 25.4 Å². The molecule has 2 rings (SSSR count). The van der Waals surface area contributed by atoms with Gasteiger partial charge in [0, 0.05) is 30.1 Å². The van der Waals surface area contributed by atoms with E-state index in [1.807, 2.05) is 11.8 Å². The van der Waals surface area contributed by atoms with Crippen molar-refractivity contribution in [1.29, 1.82) is 0 Å². The summed E-state index contributed by atoms with van der Waals surface area (Å²) < 4.78 is 0. The number of thioether (sulfide) groups is 1. The molecule has 4 nitrogen and oxygen atoms in total. The minimum absolute atomic E-state index is 0.435. The Morgan fingerprint density at radius 2 is 2.32 bits per heavy atom. The molecule has 0 spiro atoms. The van der Waals surface area contributed by atoms with Gasteiger partial charge in [-0.3, -0.25) is 0 Å². The highest BCUT2D eigenvalue weighted by Gasteiger charge is 2.27. The number of nitrogens with zero attached hydrogens (tertiary/aromatic N) is 3. The van der Waals surface area contributed by atoms with Gasteiger partial charge in [-0.15, -0.1) is 0 Å². The fraction of sp³-hybridized carbons (Fsp3) is 0.692. The van der Waals surface area contributed by atoms with Gasteiger partial charge in [0.1, 0.15) is 5.02 Å². The summed E-state index contributed by atoms with van der Waals surface area (Å²) in [6, 6.07) is 0.435. The van der Waals surface area contributed by atoms with E-state index < -0.39 is 0 Å². The summed E-state index contributed by atoms with van der Waals surface area (Å²) in [5.74, 6) is 2.64. The lowest BCUT2D eigenvalue weighted by Crippen LogP contribution is -2.45. The number of aromatic nitrogens is 2. The molecule has 1 aromatic rings. The maximum atomic E-state index is 6.28. The normalized spacial score (nSPS) is 23.5. The topological polar surface area (TPSA) is 41.1 Å². The molecule has 0 amide bonds. The Morgan fingerprint density at radius 3 is 3.05 bits per heavy atom. The van der Waals surface area contributed by atoms with Crippen molar-refractivity contribution >= 4 is 35.1 Å². The Morgan fingerprint density at radius 1 is 1.53 bits per heavy atom. The second-order valence-electron chi connectivity index (χ2n) is 4.80. The van der Waals surface area contributed by atoms with Crippen LogP contribution in [0.1, 0.15) is 27.2 Å². The lowest BCUT2D eigenvalue weighted by atomic mass is 10.2. The number of hydrogen-bond acceptors (Lipinski definition) is 5. The predicted molar refractivity (Wildman–Crippen MR) is 84.6 cm³/mol. The lowest BCUT2D eigenvalue weighted by Gasteiger charge is -2.38. The number of hydrogen-bond donors (Lipinski definition) is 1. The van der Waals surface area contributed by atoms with Gasteiger partial charge in [0.25, 0.3) is 0 Å². The van der Waals surface area contributed by atoms with Gasteiger partial charge < -0.3 is 10.2 Å². The van der Waals surface area contributed by atoms with Gasteiger partial charge in [-0.2, -0.15) is 16.7 Å². The van der Waals surface area contributed by atoms with Crippen LogP contribution in [0.5, 0.6) is 0 Å². The zero-order valence-electron chi connectivity index (χ0n) is 11.7. The molecule has 0 aliphatic carbocycles. The molecule has 1 saturated heterocycles. The molecular formula is C13H21ClN4S. The fourth-order valence-corrected chi connectivity index (χ4v) is 3.41. The summed E-state index contributed by atoms with van der Waals surface area (Å²) in [5.41, 5.74) is 0. The predicted octanol–water partition coefficient (Wildman–Crippen LogP) is 3.28. The first kappa shape index (κ1) is 14.7. The van der Waals surface area contributed by atoms with Crippen molar-refractivity contribution in [2.75, 3.05) is 29.1 Å². The largest absolute Gasteiger partial charge is 0.354 e.